The SMILES string of the molecule is C=CC(=O)N1C[C@@H]2C(=O)N(C)C3C(=O)N(c4c(OC)cccc4C(C)C)c4nc(-c5c(O)cccc5F)c(Cl)cc4C3N2C[C@H]1C. The van der Waals surface area contributed by atoms with E-state index in [4.69, 9.17) is 21.3 Å². The number of carbonyl (C=O) groups is 3. The number of carbonyl (C=O) groups excluding carboxylic acids is 3. The largest absolute Gasteiger partial charge is 0.507 e. The Labute approximate surface area is 271 Å². The summed E-state index contributed by atoms with van der Waals surface area (Å²) in [5.74, 6) is -1.58. The topological polar surface area (TPSA) is 107 Å². The van der Waals surface area contributed by atoms with Gasteiger partial charge >= 0.3 is 0 Å². The highest BCUT2D eigenvalue weighted by Gasteiger charge is 2.57. The maximum Gasteiger partial charge on any atom is 0.257 e. The van der Waals surface area contributed by atoms with Gasteiger partial charge in [-0.15, -0.1) is 0 Å². The number of rotatable bonds is 5. The molecule has 0 radical (unpaired) electrons. The van der Waals surface area contributed by atoms with Crippen molar-refractivity contribution in [1.29, 1.82) is 0 Å². The van der Waals surface area contributed by atoms with Crippen LogP contribution in [0.1, 0.15) is 43.9 Å². The highest BCUT2D eigenvalue weighted by atomic mass is 35.5. The van der Waals surface area contributed by atoms with Gasteiger partial charge in [-0.2, -0.15) is 0 Å². The number of likely N-dealkylation sites (N-methyl/N-ethyl adjacent to an activating group) is 1. The lowest BCUT2D eigenvalue weighted by Crippen LogP contribution is -2.73. The van der Waals surface area contributed by atoms with Crippen LogP contribution in [-0.2, 0) is 14.4 Å². The predicted octanol–water partition coefficient (Wildman–Crippen LogP) is 5.03. The molecule has 0 bridgehead atoms. The van der Waals surface area contributed by atoms with Crippen LogP contribution >= 0.6 is 11.6 Å². The minimum Gasteiger partial charge on any atom is -0.507 e. The number of aromatic hydroxyl groups is 1. The van der Waals surface area contributed by atoms with Crippen molar-refractivity contribution in [2.24, 2.45) is 0 Å². The Bertz CT molecular complexity index is 1760. The second kappa shape index (κ2) is 11.7. The number of fused-ring (bicyclic) bond motifs is 5. The zero-order chi connectivity index (χ0) is 33.2. The molecule has 4 heterocycles. The number of anilines is 2. The van der Waals surface area contributed by atoms with E-state index < -0.39 is 29.8 Å². The lowest BCUT2D eigenvalue weighted by molar-refractivity contribution is -0.163. The first-order valence-electron chi connectivity index (χ1n) is 15.1. The Hall–Kier alpha value is -4.48. The van der Waals surface area contributed by atoms with Gasteiger partial charge < -0.3 is 19.6 Å². The molecule has 3 aliphatic rings. The number of pyridine rings is 1. The van der Waals surface area contributed by atoms with E-state index in [0.29, 0.717) is 17.0 Å². The quantitative estimate of drug-likeness (QED) is 0.388. The highest BCUT2D eigenvalue weighted by molar-refractivity contribution is 6.33. The molecule has 10 nitrogen and oxygen atoms in total. The summed E-state index contributed by atoms with van der Waals surface area (Å²) >= 11 is 6.86. The first-order chi connectivity index (χ1) is 21.9. The van der Waals surface area contributed by atoms with Crippen molar-refractivity contribution in [2.75, 3.05) is 32.1 Å². The summed E-state index contributed by atoms with van der Waals surface area (Å²) in [5.41, 5.74) is 1.53. The number of amides is 3. The van der Waals surface area contributed by atoms with Crippen molar-refractivity contribution in [3.63, 3.8) is 0 Å². The number of para-hydroxylation sites is 1. The maximum absolute atomic E-state index is 15.2. The van der Waals surface area contributed by atoms with Crippen LogP contribution in [0.3, 0.4) is 0 Å². The van der Waals surface area contributed by atoms with Gasteiger partial charge in [0, 0.05) is 31.7 Å². The van der Waals surface area contributed by atoms with Crippen molar-refractivity contribution in [2.45, 2.75) is 50.9 Å². The van der Waals surface area contributed by atoms with Crippen molar-refractivity contribution < 1.29 is 28.6 Å². The summed E-state index contributed by atoms with van der Waals surface area (Å²) in [7, 11) is 3.09. The molecular formula is C34H35ClFN5O5. The number of aromatic nitrogens is 1. The lowest BCUT2D eigenvalue weighted by Gasteiger charge is -2.56. The number of methoxy groups -OCH3 is 1. The summed E-state index contributed by atoms with van der Waals surface area (Å²) in [4.78, 5) is 52.9. The molecule has 3 amide bonds. The molecule has 4 atom stereocenters. The molecular weight excluding hydrogens is 613 g/mol. The third kappa shape index (κ3) is 4.72. The van der Waals surface area contributed by atoms with E-state index >= 15 is 4.39 Å². The van der Waals surface area contributed by atoms with E-state index in [0.717, 1.165) is 5.56 Å². The zero-order valence-corrected chi connectivity index (χ0v) is 27.0. The van der Waals surface area contributed by atoms with Gasteiger partial charge in [0.15, 0.2) is 0 Å². The van der Waals surface area contributed by atoms with E-state index in [2.05, 4.69) is 6.58 Å². The molecule has 2 unspecified atom stereocenters. The summed E-state index contributed by atoms with van der Waals surface area (Å²) < 4.78 is 21.0. The average molecular weight is 648 g/mol. The van der Waals surface area contributed by atoms with Crippen LogP contribution in [0.4, 0.5) is 15.9 Å². The van der Waals surface area contributed by atoms with Gasteiger partial charge in [-0.1, -0.05) is 50.2 Å². The molecule has 12 heteroatoms. The fourth-order valence-corrected chi connectivity index (χ4v) is 7.30. The molecule has 2 aromatic carbocycles. The highest BCUT2D eigenvalue weighted by Crippen LogP contribution is 2.51. The van der Waals surface area contributed by atoms with E-state index in [-0.39, 0.29) is 64.7 Å². The van der Waals surface area contributed by atoms with Crippen molar-refractivity contribution >= 4 is 40.8 Å². The van der Waals surface area contributed by atoms with E-state index in [9.17, 15) is 19.5 Å². The van der Waals surface area contributed by atoms with E-state index in [1.807, 2.05) is 37.8 Å². The second-order valence-electron chi connectivity index (χ2n) is 12.2. The van der Waals surface area contributed by atoms with Crippen LogP contribution in [0.5, 0.6) is 11.5 Å². The van der Waals surface area contributed by atoms with Gasteiger partial charge in [-0.05, 0) is 48.7 Å². The Kier molecular flexibility index (Phi) is 8.02. The summed E-state index contributed by atoms with van der Waals surface area (Å²) in [6.45, 7) is 9.86. The Morgan fingerprint density at radius 1 is 1.15 bits per heavy atom. The van der Waals surface area contributed by atoms with Crippen LogP contribution in [0.25, 0.3) is 11.3 Å². The number of phenolic OH excluding ortho intramolecular Hbond substituents is 1. The summed E-state index contributed by atoms with van der Waals surface area (Å²) in [6.07, 6.45) is 1.23. The number of ether oxygens (including phenoxy) is 1. The fraction of sp³-hybridized carbons (Fsp3) is 0.353. The van der Waals surface area contributed by atoms with Crippen LogP contribution in [0.15, 0.2) is 55.1 Å². The number of phenols is 1. The van der Waals surface area contributed by atoms with E-state index in [1.54, 1.807) is 24.1 Å². The Morgan fingerprint density at radius 3 is 2.52 bits per heavy atom. The van der Waals surface area contributed by atoms with Gasteiger partial charge in [0.05, 0.1) is 35.1 Å². The van der Waals surface area contributed by atoms with Gasteiger partial charge in [0.25, 0.3) is 5.91 Å². The molecule has 46 heavy (non-hydrogen) atoms. The number of nitrogens with zero attached hydrogens (tertiary/aromatic N) is 5. The molecule has 0 aliphatic carbocycles. The minimum atomic E-state index is -0.986. The van der Waals surface area contributed by atoms with E-state index in [1.165, 1.54) is 41.2 Å². The number of halogens is 2. The fourth-order valence-electron chi connectivity index (χ4n) is 7.04. The van der Waals surface area contributed by atoms with Gasteiger partial charge in [-0.3, -0.25) is 24.2 Å². The number of piperazine rings is 2. The van der Waals surface area contributed by atoms with Gasteiger partial charge in [-0.25, -0.2) is 9.37 Å². The number of hydrogen-bond donors (Lipinski definition) is 1. The maximum atomic E-state index is 15.2. The zero-order valence-electron chi connectivity index (χ0n) is 26.2. The molecule has 1 N–H and O–H groups in total. The van der Waals surface area contributed by atoms with Gasteiger partial charge in [0.2, 0.25) is 11.8 Å². The average Bonchev–Trinajstić information content (AvgIpc) is 3.02. The molecule has 2 saturated heterocycles. The van der Waals surface area contributed by atoms with Crippen LogP contribution in [0.2, 0.25) is 5.02 Å². The molecule has 3 aromatic rings. The molecule has 1 aromatic heterocycles. The molecule has 3 aliphatic heterocycles. The molecule has 240 valence electrons. The minimum absolute atomic E-state index is 0.0418. The van der Waals surface area contributed by atoms with Crippen LogP contribution in [-0.4, -0.2) is 87.9 Å². The lowest BCUT2D eigenvalue weighted by atomic mass is 9.84. The van der Waals surface area contributed by atoms with Crippen molar-refractivity contribution in [3.05, 3.63) is 77.1 Å². The smallest absolute Gasteiger partial charge is 0.257 e. The summed E-state index contributed by atoms with van der Waals surface area (Å²) in [6, 6.07) is 8.29. The molecule has 2 fully saturated rings. The first kappa shape index (κ1) is 31.5. The number of hydrogen-bond acceptors (Lipinski definition) is 7. The normalized spacial score (nSPS) is 22.8. The second-order valence-corrected chi connectivity index (χ2v) is 12.6. The van der Waals surface area contributed by atoms with Gasteiger partial charge in [0.1, 0.15) is 35.2 Å². The Morgan fingerprint density at radius 2 is 1.87 bits per heavy atom. The van der Waals surface area contributed by atoms with Crippen molar-refractivity contribution in [3.8, 4) is 22.8 Å². The third-order valence-electron chi connectivity index (χ3n) is 9.25. The monoisotopic (exact) mass is 647 g/mol. The molecule has 0 saturated carbocycles. The van der Waals surface area contributed by atoms with Crippen LogP contribution < -0.4 is 9.64 Å². The molecule has 6 rings (SSSR count). The first-order valence-corrected chi connectivity index (χ1v) is 15.4. The van der Waals surface area contributed by atoms with Crippen LogP contribution in [0, 0.1) is 5.82 Å². The van der Waals surface area contributed by atoms with Crippen molar-refractivity contribution in [1.82, 2.24) is 19.7 Å². The molecule has 0 spiro atoms. The summed E-state index contributed by atoms with van der Waals surface area (Å²) in [5, 5.41) is 10.8. The third-order valence-corrected chi connectivity index (χ3v) is 9.54. The predicted molar refractivity (Wildman–Crippen MR) is 172 cm³/mol. The number of benzene rings is 2. The standard InChI is InChI=1S/C34H35ClFN5O5/c1-7-26(43)39-16-23-33(44)38(5)31-30(40(23)15-18(39)4)20-14-21(35)28(27-22(36)11-9-12-24(27)42)37-32(20)41(34(31)45)29-19(17(2)3)10-8-13-25(29)46-6/h7-14,17-18,23,30-31,42H,1,15-16H2,2-6H3/t18-,23-,30?,31?/m1/s1. The Balaban J connectivity index is 1.64.